The van der Waals surface area contributed by atoms with E-state index in [0.717, 1.165) is 17.3 Å². The van der Waals surface area contributed by atoms with E-state index in [2.05, 4.69) is 9.97 Å². The normalized spacial score (nSPS) is 12.1. The zero-order valence-corrected chi connectivity index (χ0v) is 12.6. The van der Waals surface area contributed by atoms with Crippen LogP contribution in [0.3, 0.4) is 0 Å². The molecule has 0 saturated carbocycles. The molecule has 0 aliphatic heterocycles. The number of nitrogens with zero attached hydrogens (tertiary/aromatic N) is 1. The van der Waals surface area contributed by atoms with Crippen molar-refractivity contribution in [2.24, 2.45) is 0 Å². The number of carboxylic acid groups (broad SMARTS) is 1. The molecule has 0 unspecified atom stereocenters. The van der Waals surface area contributed by atoms with Gasteiger partial charge in [0.25, 0.3) is 5.56 Å². The van der Waals surface area contributed by atoms with Gasteiger partial charge in [0.1, 0.15) is 5.25 Å². The minimum absolute atomic E-state index is 0.216. The highest BCUT2D eigenvalue weighted by atomic mass is 32.2. The number of aliphatic carboxylic acids is 1. The highest BCUT2D eigenvalue weighted by Gasteiger charge is 2.16. The van der Waals surface area contributed by atoms with Crippen LogP contribution in [-0.4, -0.2) is 26.3 Å². The number of hydrogen-bond donors (Lipinski definition) is 2. The first kappa shape index (κ1) is 15.3. The van der Waals surface area contributed by atoms with Crippen LogP contribution in [0.1, 0.15) is 23.7 Å². The Morgan fingerprint density at radius 3 is 2.62 bits per heavy atom. The lowest BCUT2D eigenvalue weighted by molar-refractivity contribution is -0.136. The van der Waals surface area contributed by atoms with Crippen LogP contribution in [0.2, 0.25) is 0 Å². The lowest BCUT2D eigenvalue weighted by Gasteiger charge is -2.09. The molecule has 0 fully saturated rings. The fraction of sp³-hybridized carbons (Fsp3) is 0.267. The molecule has 21 heavy (non-hydrogen) atoms. The summed E-state index contributed by atoms with van der Waals surface area (Å²) in [5, 5.41) is 8.57. The average Bonchev–Trinajstić information content (AvgIpc) is 2.44. The number of benzene rings is 1. The van der Waals surface area contributed by atoms with Crippen LogP contribution in [0.25, 0.3) is 0 Å². The molecule has 1 aromatic heterocycles. The first-order valence-electron chi connectivity index (χ1n) is 6.50. The first-order chi connectivity index (χ1) is 9.97. The molecule has 1 atom stereocenters. The van der Waals surface area contributed by atoms with Crippen molar-refractivity contribution in [3.63, 3.8) is 0 Å². The Bertz CT molecular complexity index is 698. The summed E-state index contributed by atoms with van der Waals surface area (Å²) in [4.78, 5) is 30.0. The van der Waals surface area contributed by atoms with Crippen molar-refractivity contribution in [3.8, 4) is 0 Å². The average molecular weight is 304 g/mol. The van der Waals surface area contributed by atoms with Gasteiger partial charge in [0.05, 0.1) is 0 Å². The molecule has 2 N–H and O–H groups in total. The fourth-order valence-electron chi connectivity index (χ4n) is 1.87. The van der Waals surface area contributed by atoms with Gasteiger partial charge in [-0.05, 0) is 19.4 Å². The van der Waals surface area contributed by atoms with Crippen molar-refractivity contribution in [2.75, 3.05) is 0 Å². The van der Waals surface area contributed by atoms with Crippen LogP contribution in [0, 0.1) is 6.92 Å². The van der Waals surface area contributed by atoms with Gasteiger partial charge in [-0.3, -0.25) is 9.59 Å². The van der Waals surface area contributed by atoms with Gasteiger partial charge in [-0.15, -0.1) is 0 Å². The van der Waals surface area contributed by atoms with E-state index in [1.807, 2.05) is 30.3 Å². The van der Waals surface area contributed by atoms with Crippen molar-refractivity contribution < 1.29 is 9.90 Å². The Balaban J connectivity index is 2.26. The van der Waals surface area contributed by atoms with E-state index in [9.17, 15) is 9.59 Å². The zero-order valence-electron chi connectivity index (χ0n) is 11.8. The maximum absolute atomic E-state index is 12.2. The second-order valence-electron chi connectivity index (χ2n) is 4.70. The van der Waals surface area contributed by atoms with E-state index in [-0.39, 0.29) is 5.56 Å². The molecule has 0 radical (unpaired) electrons. The lowest BCUT2D eigenvalue weighted by Crippen LogP contribution is -2.19. The molecule has 0 aliphatic carbocycles. The quantitative estimate of drug-likeness (QED) is 0.654. The fourth-order valence-corrected chi connectivity index (χ4v) is 2.64. The van der Waals surface area contributed by atoms with Crippen LogP contribution < -0.4 is 5.56 Å². The van der Waals surface area contributed by atoms with Gasteiger partial charge in [0.2, 0.25) is 0 Å². The minimum atomic E-state index is -0.936. The van der Waals surface area contributed by atoms with Gasteiger partial charge in [-0.25, -0.2) is 4.98 Å². The van der Waals surface area contributed by atoms with Gasteiger partial charge < -0.3 is 10.1 Å². The van der Waals surface area contributed by atoms with Crippen LogP contribution >= 0.6 is 11.8 Å². The van der Waals surface area contributed by atoms with E-state index in [1.165, 1.54) is 0 Å². The minimum Gasteiger partial charge on any atom is -0.480 e. The number of aromatic nitrogens is 2. The number of aromatic amines is 1. The smallest absolute Gasteiger partial charge is 0.316 e. The second kappa shape index (κ2) is 6.58. The molecule has 6 heteroatoms. The zero-order chi connectivity index (χ0) is 15.4. The first-order valence-corrected chi connectivity index (χ1v) is 7.38. The number of aryl methyl sites for hydroxylation is 1. The number of rotatable bonds is 5. The molecule has 0 saturated heterocycles. The van der Waals surface area contributed by atoms with Crippen LogP contribution in [-0.2, 0) is 11.2 Å². The largest absolute Gasteiger partial charge is 0.480 e. The standard InChI is InChI=1S/C15H16N2O3S/c1-9-12(8-11-6-4-3-5-7-11)13(18)17-15(16-9)21-10(2)14(19)20/h3-7,10H,8H2,1-2H3,(H,19,20)(H,16,17,18)/t10-/m0/s1. The third kappa shape index (κ3) is 3.95. The molecule has 0 bridgehead atoms. The maximum Gasteiger partial charge on any atom is 0.316 e. The highest BCUT2D eigenvalue weighted by Crippen LogP contribution is 2.19. The number of nitrogens with one attached hydrogen (secondary N) is 1. The topological polar surface area (TPSA) is 83.0 Å². The monoisotopic (exact) mass is 304 g/mol. The molecule has 110 valence electrons. The van der Waals surface area contributed by atoms with Crippen molar-refractivity contribution >= 4 is 17.7 Å². The summed E-state index contributed by atoms with van der Waals surface area (Å²) in [6.07, 6.45) is 0.508. The molecule has 1 aromatic carbocycles. The highest BCUT2D eigenvalue weighted by molar-refractivity contribution is 8.00. The SMILES string of the molecule is Cc1nc(S[C@@H](C)C(=O)O)[nH]c(=O)c1Cc1ccccc1. The van der Waals surface area contributed by atoms with Crippen molar-refractivity contribution in [2.45, 2.75) is 30.7 Å². The summed E-state index contributed by atoms with van der Waals surface area (Å²) in [7, 11) is 0. The molecule has 1 heterocycles. The molecule has 2 aromatic rings. The second-order valence-corrected chi connectivity index (χ2v) is 6.03. The number of hydrogen-bond acceptors (Lipinski definition) is 4. The summed E-state index contributed by atoms with van der Waals surface area (Å²) >= 11 is 1.03. The molecule has 0 spiro atoms. The van der Waals surface area contributed by atoms with Gasteiger partial charge in [-0.1, -0.05) is 42.1 Å². The van der Waals surface area contributed by atoms with Crippen molar-refractivity contribution in [1.82, 2.24) is 9.97 Å². The molecule has 2 rings (SSSR count). The van der Waals surface area contributed by atoms with E-state index in [0.29, 0.717) is 22.8 Å². The van der Waals surface area contributed by atoms with Crippen molar-refractivity contribution in [3.05, 3.63) is 57.5 Å². The third-order valence-corrected chi connectivity index (χ3v) is 4.03. The van der Waals surface area contributed by atoms with Gasteiger partial charge in [-0.2, -0.15) is 0 Å². The number of carbonyl (C=O) groups is 1. The van der Waals surface area contributed by atoms with E-state index >= 15 is 0 Å². The predicted molar refractivity (Wildman–Crippen MR) is 81.8 cm³/mol. The molecular weight excluding hydrogens is 288 g/mol. The van der Waals surface area contributed by atoms with E-state index < -0.39 is 11.2 Å². The Labute approximate surface area is 126 Å². The lowest BCUT2D eigenvalue weighted by atomic mass is 10.1. The van der Waals surface area contributed by atoms with E-state index in [1.54, 1.807) is 13.8 Å². The van der Waals surface area contributed by atoms with Crippen LogP contribution in [0.4, 0.5) is 0 Å². The van der Waals surface area contributed by atoms with Crippen molar-refractivity contribution in [1.29, 1.82) is 0 Å². The Kier molecular flexibility index (Phi) is 4.80. The summed E-state index contributed by atoms with van der Waals surface area (Å²) in [5.41, 5.74) is 2.05. The van der Waals surface area contributed by atoms with Crippen LogP contribution in [0.15, 0.2) is 40.3 Å². The molecular formula is C15H16N2O3S. The summed E-state index contributed by atoms with van der Waals surface area (Å²) in [6.45, 7) is 3.32. The summed E-state index contributed by atoms with van der Waals surface area (Å²) in [5.74, 6) is -0.936. The van der Waals surface area contributed by atoms with Gasteiger partial charge in [0, 0.05) is 17.7 Å². The third-order valence-electron chi connectivity index (χ3n) is 3.06. The number of H-pyrrole nitrogens is 1. The number of carboxylic acids is 1. The summed E-state index contributed by atoms with van der Waals surface area (Å²) in [6, 6.07) is 9.67. The Morgan fingerprint density at radius 2 is 2.05 bits per heavy atom. The predicted octanol–water partition coefficient (Wildman–Crippen LogP) is 2.23. The molecule has 5 nitrogen and oxygen atoms in total. The van der Waals surface area contributed by atoms with E-state index in [4.69, 9.17) is 5.11 Å². The van der Waals surface area contributed by atoms with Crippen LogP contribution in [0.5, 0.6) is 0 Å². The number of thioether (sulfide) groups is 1. The maximum atomic E-state index is 12.2. The molecule has 0 aliphatic rings. The molecule has 0 amide bonds. The van der Waals surface area contributed by atoms with Gasteiger partial charge in [0.15, 0.2) is 5.16 Å². The Morgan fingerprint density at radius 1 is 1.38 bits per heavy atom. The van der Waals surface area contributed by atoms with Gasteiger partial charge >= 0.3 is 5.97 Å². The summed E-state index contributed by atoms with van der Waals surface area (Å²) < 4.78 is 0. The Hall–Kier alpha value is -2.08.